The Bertz CT molecular complexity index is 504. The van der Waals surface area contributed by atoms with Crippen LogP contribution in [0.5, 0.6) is 0 Å². The molecule has 0 amide bonds. The number of aromatic nitrogens is 2. The van der Waals surface area contributed by atoms with Crippen molar-refractivity contribution in [2.45, 2.75) is 32.4 Å². The Hall–Kier alpha value is -1.17. The molecule has 110 valence electrons. The van der Waals surface area contributed by atoms with E-state index in [0.29, 0.717) is 12.6 Å². The maximum atomic E-state index is 6.00. The summed E-state index contributed by atoms with van der Waals surface area (Å²) in [6.07, 6.45) is 4.91. The molecule has 0 aliphatic heterocycles. The van der Waals surface area contributed by atoms with Crippen LogP contribution in [0.3, 0.4) is 0 Å². The molecule has 20 heavy (non-hydrogen) atoms. The van der Waals surface area contributed by atoms with E-state index in [-0.39, 0.29) is 6.04 Å². The molecule has 2 rings (SSSR count). The molecule has 0 fully saturated rings. The molecule has 0 aliphatic rings. The molecular formula is C15H24N4S. The van der Waals surface area contributed by atoms with Crippen molar-refractivity contribution in [3.8, 4) is 0 Å². The predicted octanol–water partition coefficient (Wildman–Crippen LogP) is 2.70. The highest BCUT2D eigenvalue weighted by Gasteiger charge is 2.20. The van der Waals surface area contributed by atoms with Crippen LogP contribution in [0.2, 0.25) is 0 Å². The van der Waals surface area contributed by atoms with Gasteiger partial charge in [0, 0.05) is 30.2 Å². The van der Waals surface area contributed by atoms with Gasteiger partial charge in [0.25, 0.3) is 0 Å². The molecule has 2 N–H and O–H groups in total. The Morgan fingerprint density at radius 1 is 1.45 bits per heavy atom. The highest BCUT2D eigenvalue weighted by Crippen LogP contribution is 2.22. The fourth-order valence-corrected chi connectivity index (χ4v) is 3.13. The number of nitrogens with two attached hydrogens (primary N) is 1. The first-order chi connectivity index (χ1) is 9.63. The Morgan fingerprint density at radius 2 is 2.25 bits per heavy atom. The average molecular weight is 292 g/mol. The number of thiophene rings is 1. The minimum Gasteiger partial charge on any atom is -0.331 e. The fraction of sp³-hybridized carbons (Fsp3) is 0.533. The lowest BCUT2D eigenvalue weighted by Gasteiger charge is -2.28. The Morgan fingerprint density at radius 3 is 2.85 bits per heavy atom. The van der Waals surface area contributed by atoms with E-state index >= 15 is 0 Å². The van der Waals surface area contributed by atoms with E-state index < -0.39 is 0 Å². The number of rotatable bonds is 7. The Kier molecular flexibility index (Phi) is 5.34. The number of hydrogen-bond donors (Lipinski definition) is 1. The summed E-state index contributed by atoms with van der Waals surface area (Å²) in [5.74, 6) is 0. The summed E-state index contributed by atoms with van der Waals surface area (Å²) in [5, 5.41) is 2.13. The number of likely N-dealkylation sites (N-methyl/N-ethyl adjacent to an activating group) is 1. The van der Waals surface area contributed by atoms with Gasteiger partial charge >= 0.3 is 0 Å². The van der Waals surface area contributed by atoms with Crippen molar-refractivity contribution in [3.63, 3.8) is 0 Å². The second-order valence-corrected chi connectivity index (χ2v) is 6.41. The highest BCUT2D eigenvalue weighted by atomic mass is 32.1. The predicted molar refractivity (Wildman–Crippen MR) is 85.1 cm³/mol. The van der Waals surface area contributed by atoms with Crippen molar-refractivity contribution in [1.29, 1.82) is 0 Å². The van der Waals surface area contributed by atoms with E-state index in [1.165, 1.54) is 10.6 Å². The van der Waals surface area contributed by atoms with Crippen LogP contribution in [0.4, 0.5) is 0 Å². The molecule has 2 aromatic rings. The fourth-order valence-electron chi connectivity index (χ4n) is 2.43. The Labute approximate surface area is 125 Å². The molecule has 0 aliphatic carbocycles. The molecule has 4 nitrogen and oxygen atoms in total. The smallest absolute Gasteiger partial charge is 0.0951 e. The highest BCUT2D eigenvalue weighted by molar-refractivity contribution is 7.09. The summed E-state index contributed by atoms with van der Waals surface area (Å²) < 4.78 is 2.21. The minimum absolute atomic E-state index is 0.222. The lowest BCUT2D eigenvalue weighted by Crippen LogP contribution is -2.33. The van der Waals surface area contributed by atoms with Crippen molar-refractivity contribution < 1.29 is 0 Å². The Balaban J connectivity index is 2.04. The summed E-state index contributed by atoms with van der Waals surface area (Å²) in [6.45, 7) is 5.96. The largest absolute Gasteiger partial charge is 0.331 e. The normalized spacial score (nSPS) is 13.3. The number of nitrogens with zero attached hydrogens (tertiary/aromatic N) is 3. The van der Waals surface area contributed by atoms with Crippen LogP contribution >= 0.6 is 11.3 Å². The molecule has 0 saturated carbocycles. The third-order valence-corrected chi connectivity index (χ3v) is 4.58. The molecule has 0 saturated heterocycles. The van der Waals surface area contributed by atoms with Gasteiger partial charge in [-0.15, -0.1) is 11.3 Å². The van der Waals surface area contributed by atoms with E-state index in [0.717, 1.165) is 13.0 Å². The van der Waals surface area contributed by atoms with Gasteiger partial charge in [0.2, 0.25) is 0 Å². The topological polar surface area (TPSA) is 47.1 Å². The molecule has 0 bridgehead atoms. The van der Waals surface area contributed by atoms with Crippen molar-refractivity contribution in [1.82, 2.24) is 14.5 Å². The van der Waals surface area contributed by atoms with Gasteiger partial charge in [-0.05, 0) is 38.8 Å². The van der Waals surface area contributed by atoms with Gasteiger partial charge in [0.05, 0.1) is 18.1 Å². The van der Waals surface area contributed by atoms with Crippen LogP contribution in [-0.4, -0.2) is 34.6 Å². The van der Waals surface area contributed by atoms with Gasteiger partial charge < -0.3 is 10.3 Å². The molecule has 1 unspecified atom stereocenters. The van der Waals surface area contributed by atoms with E-state index in [4.69, 9.17) is 5.73 Å². The van der Waals surface area contributed by atoms with Gasteiger partial charge in [-0.25, -0.2) is 4.98 Å². The monoisotopic (exact) mass is 292 g/mol. The first-order valence-electron chi connectivity index (χ1n) is 7.08. The maximum absolute atomic E-state index is 6.00. The molecular weight excluding hydrogens is 268 g/mol. The molecule has 0 spiro atoms. The SMILES string of the molecule is CC(C)n1cncc1C(CN)N(C)CCc1cccs1. The van der Waals surface area contributed by atoms with E-state index in [1.807, 2.05) is 23.9 Å². The van der Waals surface area contributed by atoms with Crippen molar-refractivity contribution in [2.24, 2.45) is 5.73 Å². The third kappa shape index (κ3) is 3.48. The summed E-state index contributed by atoms with van der Waals surface area (Å²) in [7, 11) is 2.14. The molecule has 0 radical (unpaired) electrons. The zero-order chi connectivity index (χ0) is 14.5. The van der Waals surface area contributed by atoms with Gasteiger partial charge in [-0.1, -0.05) is 6.07 Å². The second kappa shape index (κ2) is 7.02. The maximum Gasteiger partial charge on any atom is 0.0951 e. The van der Waals surface area contributed by atoms with E-state index in [2.05, 4.69) is 52.9 Å². The standard InChI is InChI=1S/C15H24N4S/c1-12(2)19-11-17-10-15(19)14(9-16)18(3)7-6-13-5-4-8-20-13/h4-5,8,10-12,14H,6-7,9,16H2,1-3H3. The molecule has 0 aromatic carbocycles. The van der Waals surface area contributed by atoms with Crippen molar-refractivity contribution in [2.75, 3.05) is 20.1 Å². The van der Waals surface area contributed by atoms with Crippen LogP contribution in [0.1, 0.15) is 36.5 Å². The summed E-state index contributed by atoms with van der Waals surface area (Å²) in [5.41, 5.74) is 7.21. The van der Waals surface area contributed by atoms with Crippen LogP contribution in [0, 0.1) is 0 Å². The van der Waals surface area contributed by atoms with E-state index in [1.54, 1.807) is 0 Å². The molecule has 1 atom stereocenters. The molecule has 5 heteroatoms. The van der Waals surface area contributed by atoms with Crippen molar-refractivity contribution in [3.05, 3.63) is 40.6 Å². The van der Waals surface area contributed by atoms with Gasteiger partial charge in [-0.2, -0.15) is 0 Å². The zero-order valence-corrected chi connectivity index (χ0v) is 13.3. The first kappa shape index (κ1) is 15.2. The summed E-state index contributed by atoms with van der Waals surface area (Å²) in [4.78, 5) is 8.04. The lowest BCUT2D eigenvalue weighted by atomic mass is 10.1. The number of hydrogen-bond acceptors (Lipinski definition) is 4. The molecule has 2 aromatic heterocycles. The van der Waals surface area contributed by atoms with Gasteiger partial charge in [0.15, 0.2) is 0 Å². The summed E-state index contributed by atoms with van der Waals surface area (Å²) >= 11 is 1.81. The van der Waals surface area contributed by atoms with Crippen LogP contribution in [-0.2, 0) is 6.42 Å². The lowest BCUT2D eigenvalue weighted by molar-refractivity contribution is 0.242. The van der Waals surface area contributed by atoms with Crippen molar-refractivity contribution >= 4 is 11.3 Å². The van der Waals surface area contributed by atoms with Crippen LogP contribution in [0.15, 0.2) is 30.0 Å². The average Bonchev–Trinajstić information content (AvgIpc) is 3.08. The minimum atomic E-state index is 0.222. The van der Waals surface area contributed by atoms with E-state index in [9.17, 15) is 0 Å². The summed E-state index contributed by atoms with van der Waals surface area (Å²) in [6, 6.07) is 4.93. The quantitative estimate of drug-likeness (QED) is 0.853. The first-order valence-corrected chi connectivity index (χ1v) is 7.95. The van der Waals surface area contributed by atoms with Crippen LogP contribution < -0.4 is 5.73 Å². The zero-order valence-electron chi connectivity index (χ0n) is 12.5. The van der Waals surface area contributed by atoms with Gasteiger partial charge in [-0.3, -0.25) is 4.90 Å². The van der Waals surface area contributed by atoms with Gasteiger partial charge in [0.1, 0.15) is 0 Å². The number of imidazole rings is 1. The third-order valence-electron chi connectivity index (χ3n) is 3.64. The second-order valence-electron chi connectivity index (χ2n) is 5.38. The van der Waals surface area contributed by atoms with Crippen LogP contribution in [0.25, 0.3) is 0 Å². The molecule has 2 heterocycles.